The van der Waals surface area contributed by atoms with Crippen molar-refractivity contribution < 1.29 is 31.1 Å². The Hall–Kier alpha value is -3.06. The molecule has 4 aromatic rings. The number of halogens is 4. The third-order valence-electron chi connectivity index (χ3n) is 6.53. The molecule has 0 spiro atoms. The molecule has 1 N–H and O–H groups in total. The highest BCUT2D eigenvalue weighted by molar-refractivity contribution is 7.94. The van der Waals surface area contributed by atoms with Crippen LogP contribution in [0.2, 0.25) is 5.02 Å². The average molecular weight is 612 g/mol. The Bertz CT molecular complexity index is 1690. The predicted molar refractivity (Wildman–Crippen MR) is 150 cm³/mol. The van der Waals surface area contributed by atoms with E-state index in [1.807, 2.05) is 31.0 Å². The predicted octanol–water partition coefficient (Wildman–Crippen LogP) is 6.84. The first-order chi connectivity index (χ1) is 18.9. The summed E-state index contributed by atoms with van der Waals surface area (Å²) in [5.74, 6) is 0.139. The third-order valence-corrected chi connectivity index (χ3v) is 9.97. The van der Waals surface area contributed by atoms with E-state index in [2.05, 4.69) is 9.71 Å². The van der Waals surface area contributed by atoms with E-state index in [1.54, 1.807) is 12.1 Å². The highest BCUT2D eigenvalue weighted by atomic mass is 35.5. The Morgan fingerprint density at radius 2 is 1.90 bits per heavy atom. The first-order valence-electron chi connectivity index (χ1n) is 12.2. The number of fused-ring (bicyclic) bond motifs is 1. The van der Waals surface area contributed by atoms with E-state index in [0.29, 0.717) is 41.2 Å². The SMILES string of the molecule is COc1ccc(-c2sc(S(=O)(=O)Nc3ccc(C(F)(F)F)c(OC4CCN(C)C4)c3)cc2Cl)c2ccc(C)nc12. The van der Waals surface area contributed by atoms with Gasteiger partial charge in [-0.25, -0.2) is 13.4 Å². The van der Waals surface area contributed by atoms with Gasteiger partial charge in [-0.1, -0.05) is 17.7 Å². The number of nitrogens with zero attached hydrogens (tertiary/aromatic N) is 2. The standard InChI is InChI=1S/C27H25ClF3N3O4S2/c1-15-4-6-18-19(7-9-22(37-3)25(18)32-15)26-21(28)13-24(39-26)40(35,36)33-16-5-8-20(27(29,30)31)23(12-16)38-17-10-11-34(2)14-17/h4-9,12-13,17,33H,10-11,14H2,1-3H3. The van der Waals surface area contributed by atoms with Crippen LogP contribution < -0.4 is 14.2 Å². The lowest BCUT2D eigenvalue weighted by molar-refractivity contribution is -0.139. The highest BCUT2D eigenvalue weighted by Crippen LogP contribution is 2.44. The number of methoxy groups -OCH3 is 1. The van der Waals surface area contributed by atoms with E-state index in [-0.39, 0.29) is 14.9 Å². The van der Waals surface area contributed by atoms with E-state index < -0.39 is 33.6 Å². The molecule has 1 aliphatic heterocycles. The topological polar surface area (TPSA) is 80.8 Å². The van der Waals surface area contributed by atoms with Gasteiger partial charge >= 0.3 is 6.18 Å². The molecule has 0 aliphatic carbocycles. The summed E-state index contributed by atoms with van der Waals surface area (Å²) in [6.45, 7) is 3.02. The van der Waals surface area contributed by atoms with E-state index >= 15 is 0 Å². The number of sulfonamides is 1. The van der Waals surface area contributed by atoms with Crippen molar-refractivity contribution in [1.29, 1.82) is 0 Å². The summed E-state index contributed by atoms with van der Waals surface area (Å²) in [5.41, 5.74) is 1.04. The molecular formula is C27H25ClF3N3O4S2. The Labute approximate surface area is 238 Å². The van der Waals surface area contributed by atoms with Crippen LogP contribution in [0.4, 0.5) is 18.9 Å². The fourth-order valence-electron chi connectivity index (χ4n) is 4.61. The van der Waals surface area contributed by atoms with Gasteiger partial charge < -0.3 is 14.4 Å². The van der Waals surface area contributed by atoms with Gasteiger partial charge in [0.1, 0.15) is 27.3 Å². The smallest absolute Gasteiger partial charge is 0.419 e. The van der Waals surface area contributed by atoms with Crippen LogP contribution in [0.5, 0.6) is 11.5 Å². The first kappa shape index (κ1) is 28.5. The Balaban J connectivity index is 1.48. The fourth-order valence-corrected chi connectivity index (χ4v) is 7.51. The molecule has 0 amide bonds. The summed E-state index contributed by atoms with van der Waals surface area (Å²) < 4.78 is 81.1. The molecule has 40 heavy (non-hydrogen) atoms. The number of aromatic nitrogens is 1. The maximum atomic E-state index is 13.7. The Kier molecular flexibility index (Phi) is 7.64. The second-order valence-corrected chi connectivity index (χ2v) is 12.9. The zero-order chi connectivity index (χ0) is 28.8. The summed E-state index contributed by atoms with van der Waals surface area (Å²) in [4.78, 5) is 7.01. The number of anilines is 1. The highest BCUT2D eigenvalue weighted by Gasteiger charge is 2.36. The van der Waals surface area contributed by atoms with Gasteiger partial charge in [0.25, 0.3) is 10.0 Å². The van der Waals surface area contributed by atoms with E-state index in [4.69, 9.17) is 21.1 Å². The average Bonchev–Trinajstić information content (AvgIpc) is 3.47. The number of pyridine rings is 1. The number of alkyl halides is 3. The summed E-state index contributed by atoms with van der Waals surface area (Å²) in [6.07, 6.45) is -4.54. The number of hydrogen-bond donors (Lipinski definition) is 1. The molecule has 1 aliphatic rings. The number of likely N-dealkylation sites (N-methyl/N-ethyl adjacent to an activating group) is 1. The minimum Gasteiger partial charge on any atom is -0.494 e. The van der Waals surface area contributed by atoms with Crippen LogP contribution in [0, 0.1) is 6.92 Å². The Morgan fingerprint density at radius 3 is 2.58 bits per heavy atom. The molecule has 212 valence electrons. The van der Waals surface area contributed by atoms with Gasteiger partial charge in [-0.05, 0) is 56.8 Å². The van der Waals surface area contributed by atoms with E-state index in [1.165, 1.54) is 13.2 Å². The maximum Gasteiger partial charge on any atom is 0.419 e. The lowest BCUT2D eigenvalue weighted by Gasteiger charge is -2.19. The van der Waals surface area contributed by atoms with Crippen molar-refractivity contribution in [2.24, 2.45) is 0 Å². The van der Waals surface area contributed by atoms with Gasteiger partial charge in [-0.3, -0.25) is 4.72 Å². The molecule has 5 rings (SSSR count). The summed E-state index contributed by atoms with van der Waals surface area (Å²) in [6, 6.07) is 11.5. The number of thiophene rings is 1. The third kappa shape index (κ3) is 5.71. The van der Waals surface area contributed by atoms with E-state index in [9.17, 15) is 21.6 Å². The van der Waals surface area contributed by atoms with Crippen molar-refractivity contribution in [3.63, 3.8) is 0 Å². The normalized spacial score (nSPS) is 16.4. The van der Waals surface area contributed by atoms with Crippen molar-refractivity contribution >= 4 is 49.6 Å². The number of likely N-dealkylation sites (tertiary alicyclic amines) is 1. The number of nitrogens with one attached hydrogen (secondary N) is 1. The number of hydrogen-bond acceptors (Lipinski definition) is 7. The molecule has 0 radical (unpaired) electrons. The fraction of sp³-hybridized carbons (Fsp3) is 0.296. The molecule has 1 fully saturated rings. The molecule has 7 nitrogen and oxygen atoms in total. The van der Waals surface area contributed by atoms with Crippen LogP contribution in [-0.4, -0.2) is 51.7 Å². The summed E-state index contributed by atoms with van der Waals surface area (Å²) in [7, 11) is -0.807. The minimum atomic E-state index is -4.66. The van der Waals surface area contributed by atoms with Crippen molar-refractivity contribution in [3.8, 4) is 21.9 Å². The number of ether oxygens (including phenoxy) is 2. The monoisotopic (exact) mass is 611 g/mol. The van der Waals surface area contributed by atoms with Crippen LogP contribution >= 0.6 is 22.9 Å². The maximum absolute atomic E-state index is 13.7. The van der Waals surface area contributed by atoms with Gasteiger partial charge in [-0.2, -0.15) is 13.2 Å². The second-order valence-electron chi connectivity index (χ2n) is 9.51. The summed E-state index contributed by atoms with van der Waals surface area (Å²) >= 11 is 7.46. The second kappa shape index (κ2) is 10.7. The van der Waals surface area contributed by atoms with Crippen LogP contribution in [0.15, 0.2) is 52.7 Å². The molecule has 0 saturated carbocycles. The molecule has 2 aromatic heterocycles. The van der Waals surface area contributed by atoms with Crippen LogP contribution in [0.1, 0.15) is 17.7 Å². The van der Waals surface area contributed by atoms with Crippen LogP contribution in [0.25, 0.3) is 21.3 Å². The minimum absolute atomic E-state index is 0.0602. The number of rotatable bonds is 7. The zero-order valence-corrected chi connectivity index (χ0v) is 24.1. The largest absolute Gasteiger partial charge is 0.494 e. The van der Waals surface area contributed by atoms with Gasteiger partial charge in [-0.15, -0.1) is 11.3 Å². The first-order valence-corrected chi connectivity index (χ1v) is 14.9. The van der Waals surface area contributed by atoms with Gasteiger partial charge in [0.2, 0.25) is 0 Å². The Morgan fingerprint density at radius 1 is 1.12 bits per heavy atom. The molecular weight excluding hydrogens is 587 g/mol. The lowest BCUT2D eigenvalue weighted by Crippen LogP contribution is -2.23. The molecule has 0 bridgehead atoms. The molecule has 1 atom stereocenters. The molecule has 1 saturated heterocycles. The van der Waals surface area contributed by atoms with Gasteiger partial charge in [0, 0.05) is 35.8 Å². The number of benzene rings is 2. The quantitative estimate of drug-likeness (QED) is 0.247. The van der Waals surface area contributed by atoms with Crippen molar-refractivity contribution in [1.82, 2.24) is 9.88 Å². The van der Waals surface area contributed by atoms with E-state index in [0.717, 1.165) is 40.6 Å². The van der Waals surface area contributed by atoms with Crippen LogP contribution in [-0.2, 0) is 16.2 Å². The van der Waals surface area contributed by atoms with Crippen molar-refractivity contribution in [2.45, 2.75) is 29.8 Å². The zero-order valence-electron chi connectivity index (χ0n) is 21.7. The number of aryl methyl sites for hydroxylation is 1. The molecule has 3 heterocycles. The van der Waals surface area contributed by atoms with Crippen molar-refractivity contribution in [3.05, 3.63) is 64.8 Å². The summed E-state index contributed by atoms with van der Waals surface area (Å²) in [5, 5.41) is 0.937. The lowest BCUT2D eigenvalue weighted by atomic mass is 10.1. The molecule has 13 heteroatoms. The molecule has 2 aromatic carbocycles. The van der Waals surface area contributed by atoms with Crippen molar-refractivity contribution in [2.75, 3.05) is 32.0 Å². The molecule has 1 unspecified atom stereocenters. The van der Waals surface area contributed by atoms with Gasteiger partial charge in [0.15, 0.2) is 0 Å². The van der Waals surface area contributed by atoms with Crippen LogP contribution in [0.3, 0.4) is 0 Å². The van der Waals surface area contributed by atoms with Gasteiger partial charge in [0.05, 0.1) is 28.3 Å².